The molecule has 0 bridgehead atoms. The Labute approximate surface area is 164 Å². The van der Waals surface area contributed by atoms with Crippen LogP contribution >= 0.6 is 12.4 Å². The Hall–Kier alpha value is -1.73. The molecule has 1 fully saturated rings. The number of hydrogen-bond donors (Lipinski definition) is 2. The largest absolute Gasteiger partial charge is 0.489 e. The van der Waals surface area contributed by atoms with Crippen LogP contribution in [0, 0.1) is 0 Å². The molecular weight excluding hydrogens is 374 g/mol. The van der Waals surface area contributed by atoms with Crippen molar-refractivity contribution in [2.75, 3.05) is 32.8 Å². The van der Waals surface area contributed by atoms with Gasteiger partial charge in [-0.25, -0.2) is 8.78 Å². The molecule has 3 rings (SSSR count). The highest BCUT2D eigenvalue weighted by molar-refractivity contribution is 5.85. The number of para-hydroxylation sites is 1. The molecule has 0 aromatic heterocycles. The Bertz CT molecular complexity index is 697. The van der Waals surface area contributed by atoms with Crippen LogP contribution in [0.3, 0.4) is 0 Å². The van der Waals surface area contributed by atoms with Crippen molar-refractivity contribution in [3.63, 3.8) is 0 Å². The highest BCUT2D eigenvalue weighted by Crippen LogP contribution is 2.40. The first kappa shape index (κ1) is 21.6. The van der Waals surface area contributed by atoms with Crippen LogP contribution in [0.5, 0.6) is 5.75 Å². The molecule has 1 aliphatic heterocycles. The monoisotopic (exact) mass is 398 g/mol. The fourth-order valence-corrected chi connectivity index (χ4v) is 3.29. The third-order valence-corrected chi connectivity index (χ3v) is 4.58. The van der Waals surface area contributed by atoms with Crippen LogP contribution < -0.4 is 10.1 Å². The molecule has 0 spiro atoms. The lowest BCUT2D eigenvalue weighted by atomic mass is 9.97. The number of rotatable bonds is 7. The molecule has 1 atom stereocenters. The molecule has 7 heteroatoms. The van der Waals surface area contributed by atoms with E-state index in [-0.39, 0.29) is 12.4 Å². The lowest BCUT2D eigenvalue weighted by Gasteiger charge is -2.39. The van der Waals surface area contributed by atoms with Gasteiger partial charge in [0.2, 0.25) is 0 Å². The Balaban J connectivity index is 0.00000261. The van der Waals surface area contributed by atoms with Crippen molar-refractivity contribution in [1.82, 2.24) is 10.2 Å². The van der Waals surface area contributed by atoms with E-state index in [0.29, 0.717) is 44.1 Å². The van der Waals surface area contributed by atoms with E-state index in [1.54, 1.807) is 29.2 Å². The molecule has 1 heterocycles. The minimum Gasteiger partial charge on any atom is -0.489 e. The van der Waals surface area contributed by atoms with Crippen molar-refractivity contribution in [3.8, 4) is 5.75 Å². The summed E-state index contributed by atoms with van der Waals surface area (Å²) >= 11 is 0. The first-order chi connectivity index (χ1) is 12.6. The van der Waals surface area contributed by atoms with Crippen LogP contribution in [0.4, 0.5) is 8.78 Å². The second-order valence-corrected chi connectivity index (χ2v) is 6.42. The molecule has 0 unspecified atom stereocenters. The topological polar surface area (TPSA) is 44.7 Å². The van der Waals surface area contributed by atoms with Gasteiger partial charge in [0.15, 0.2) is 0 Å². The summed E-state index contributed by atoms with van der Waals surface area (Å²) in [6.07, 6.45) is 0. The number of nitrogens with zero attached hydrogens (tertiary/aromatic N) is 1. The van der Waals surface area contributed by atoms with Crippen LogP contribution in [0.15, 0.2) is 54.6 Å². The molecule has 0 aliphatic carbocycles. The third kappa shape index (κ3) is 5.39. The smallest absolute Gasteiger partial charge is 0.290 e. The number of alkyl halides is 2. The molecule has 0 amide bonds. The zero-order valence-electron chi connectivity index (χ0n) is 15.0. The number of aliphatic hydroxyl groups excluding tert-OH is 1. The Kier molecular flexibility index (Phi) is 7.98. The number of ether oxygens (including phenoxy) is 1. The fourth-order valence-electron chi connectivity index (χ4n) is 3.29. The Morgan fingerprint density at radius 1 is 1.04 bits per heavy atom. The van der Waals surface area contributed by atoms with Gasteiger partial charge in [-0.2, -0.15) is 0 Å². The number of aliphatic hydroxyl groups is 1. The van der Waals surface area contributed by atoms with Crippen molar-refractivity contribution in [1.29, 1.82) is 0 Å². The number of hydrogen-bond acceptors (Lipinski definition) is 4. The molecule has 1 aliphatic rings. The lowest BCUT2D eigenvalue weighted by molar-refractivity contribution is -0.119. The van der Waals surface area contributed by atoms with Gasteiger partial charge in [0, 0.05) is 31.7 Å². The summed E-state index contributed by atoms with van der Waals surface area (Å²) in [6.45, 7) is 1.38. The van der Waals surface area contributed by atoms with Crippen LogP contribution in [0.1, 0.15) is 17.2 Å². The SMILES string of the molecule is Cl.OCC(F)(F)[C@@H](c1ccccc1OCc1ccccc1)N1CCNCC1. The Morgan fingerprint density at radius 2 is 1.67 bits per heavy atom. The molecule has 1 saturated heterocycles. The molecule has 0 saturated carbocycles. The van der Waals surface area contributed by atoms with Crippen LogP contribution in [-0.4, -0.2) is 48.7 Å². The zero-order valence-corrected chi connectivity index (χ0v) is 15.8. The summed E-state index contributed by atoms with van der Waals surface area (Å²) in [5.41, 5.74) is 1.37. The minimum absolute atomic E-state index is 0. The summed E-state index contributed by atoms with van der Waals surface area (Å²) in [7, 11) is 0. The first-order valence-electron chi connectivity index (χ1n) is 8.81. The zero-order chi connectivity index (χ0) is 18.4. The second-order valence-electron chi connectivity index (χ2n) is 6.42. The van der Waals surface area contributed by atoms with E-state index in [1.165, 1.54) is 0 Å². The van der Waals surface area contributed by atoms with Crippen LogP contribution in [0.25, 0.3) is 0 Å². The van der Waals surface area contributed by atoms with E-state index < -0.39 is 18.6 Å². The number of benzene rings is 2. The van der Waals surface area contributed by atoms with E-state index >= 15 is 0 Å². The summed E-state index contributed by atoms with van der Waals surface area (Å²) < 4.78 is 35.2. The maximum Gasteiger partial charge on any atom is 0.290 e. The van der Waals surface area contributed by atoms with Gasteiger partial charge < -0.3 is 15.2 Å². The first-order valence-corrected chi connectivity index (χ1v) is 8.81. The van der Waals surface area contributed by atoms with E-state index in [1.807, 2.05) is 30.3 Å². The molecule has 2 aromatic rings. The number of halogens is 3. The third-order valence-electron chi connectivity index (χ3n) is 4.58. The van der Waals surface area contributed by atoms with Crippen molar-refractivity contribution >= 4 is 12.4 Å². The van der Waals surface area contributed by atoms with Crippen LogP contribution in [-0.2, 0) is 6.61 Å². The molecule has 4 nitrogen and oxygen atoms in total. The summed E-state index contributed by atoms with van der Waals surface area (Å²) in [4.78, 5) is 1.72. The minimum atomic E-state index is -3.26. The Morgan fingerprint density at radius 3 is 2.33 bits per heavy atom. The van der Waals surface area contributed by atoms with E-state index in [9.17, 15) is 13.9 Å². The van der Waals surface area contributed by atoms with Crippen molar-refractivity contribution in [2.45, 2.75) is 18.6 Å². The maximum absolute atomic E-state index is 14.7. The summed E-state index contributed by atoms with van der Waals surface area (Å²) in [5, 5.41) is 12.5. The van der Waals surface area contributed by atoms with Gasteiger partial charge in [-0.15, -0.1) is 12.4 Å². The average Bonchev–Trinajstić information content (AvgIpc) is 2.69. The molecule has 2 aromatic carbocycles. The van der Waals surface area contributed by atoms with Gasteiger partial charge in [-0.1, -0.05) is 48.5 Å². The van der Waals surface area contributed by atoms with Gasteiger partial charge in [0.1, 0.15) is 25.0 Å². The second kappa shape index (κ2) is 9.99. The predicted octanol–water partition coefficient (Wildman–Crippen LogP) is 3.26. The van der Waals surface area contributed by atoms with Crippen LogP contribution in [0.2, 0.25) is 0 Å². The molecular formula is C20H25ClF2N2O2. The molecule has 148 valence electrons. The van der Waals surface area contributed by atoms with Gasteiger partial charge >= 0.3 is 0 Å². The van der Waals surface area contributed by atoms with Gasteiger partial charge in [-0.05, 0) is 11.6 Å². The molecule has 27 heavy (non-hydrogen) atoms. The normalized spacial score (nSPS) is 16.4. The highest BCUT2D eigenvalue weighted by Gasteiger charge is 2.45. The standard InChI is InChI=1S/C20H24F2N2O2.ClH/c21-20(22,15-25)19(24-12-10-23-11-13-24)17-8-4-5-9-18(17)26-14-16-6-2-1-3-7-16;/h1-9,19,23,25H,10-15H2;1H/t19-;/m1./s1. The number of piperazine rings is 1. The van der Waals surface area contributed by atoms with E-state index in [0.717, 1.165) is 5.56 Å². The van der Waals surface area contributed by atoms with Gasteiger partial charge in [-0.3, -0.25) is 4.90 Å². The summed E-state index contributed by atoms with van der Waals surface area (Å²) in [6, 6.07) is 15.3. The van der Waals surface area contributed by atoms with E-state index in [2.05, 4.69) is 5.32 Å². The van der Waals surface area contributed by atoms with Crippen molar-refractivity contribution < 1.29 is 18.6 Å². The molecule has 0 radical (unpaired) electrons. The predicted molar refractivity (Wildman–Crippen MR) is 104 cm³/mol. The van der Waals surface area contributed by atoms with Gasteiger partial charge in [0.05, 0.1) is 0 Å². The molecule has 2 N–H and O–H groups in total. The highest BCUT2D eigenvalue weighted by atomic mass is 35.5. The maximum atomic E-state index is 14.7. The van der Waals surface area contributed by atoms with Crippen molar-refractivity contribution in [2.24, 2.45) is 0 Å². The van der Waals surface area contributed by atoms with Crippen molar-refractivity contribution in [3.05, 3.63) is 65.7 Å². The lowest BCUT2D eigenvalue weighted by Crippen LogP contribution is -2.51. The average molecular weight is 399 g/mol. The fraction of sp³-hybridized carbons (Fsp3) is 0.400. The number of nitrogens with one attached hydrogen (secondary N) is 1. The quantitative estimate of drug-likeness (QED) is 0.751. The summed E-state index contributed by atoms with van der Waals surface area (Å²) in [5.74, 6) is -2.84. The van der Waals surface area contributed by atoms with Gasteiger partial charge in [0.25, 0.3) is 5.92 Å². The van der Waals surface area contributed by atoms with E-state index in [4.69, 9.17) is 4.74 Å².